The highest BCUT2D eigenvalue weighted by molar-refractivity contribution is 5.66. The third-order valence-electron chi connectivity index (χ3n) is 4.50. The summed E-state index contributed by atoms with van der Waals surface area (Å²) >= 11 is 0. The summed E-state index contributed by atoms with van der Waals surface area (Å²) in [6.45, 7) is 1.87. The van der Waals surface area contributed by atoms with Gasteiger partial charge in [-0.15, -0.1) is 0 Å². The van der Waals surface area contributed by atoms with Crippen molar-refractivity contribution < 1.29 is 30.0 Å². The number of hydrogen-bond acceptors (Lipinski definition) is 5. The van der Waals surface area contributed by atoms with Crippen molar-refractivity contribution in [1.29, 1.82) is 0 Å². The molecule has 6 heteroatoms. The molecule has 0 saturated carbocycles. The van der Waals surface area contributed by atoms with E-state index in [4.69, 9.17) is 9.84 Å². The van der Waals surface area contributed by atoms with Gasteiger partial charge in [0.15, 0.2) is 0 Å². The van der Waals surface area contributed by atoms with Gasteiger partial charge in [-0.05, 0) is 32.1 Å². The second-order valence-corrected chi connectivity index (χ2v) is 6.92. The van der Waals surface area contributed by atoms with Crippen molar-refractivity contribution in [2.45, 2.75) is 82.4 Å². The molecular weight excluding hydrogens is 360 g/mol. The highest BCUT2D eigenvalue weighted by atomic mass is 16.5. The molecule has 4 N–H and O–H groups in total. The number of carboxylic acid groups (broad SMARTS) is 1. The van der Waals surface area contributed by atoms with Gasteiger partial charge in [-0.1, -0.05) is 55.5 Å². The predicted molar refractivity (Wildman–Crippen MR) is 109 cm³/mol. The van der Waals surface area contributed by atoms with Crippen molar-refractivity contribution in [3.63, 3.8) is 0 Å². The van der Waals surface area contributed by atoms with Gasteiger partial charge in [-0.2, -0.15) is 0 Å². The number of ether oxygens (including phenoxy) is 1. The van der Waals surface area contributed by atoms with Gasteiger partial charge in [0.1, 0.15) is 6.10 Å². The number of aliphatic hydroxyl groups is 3. The van der Waals surface area contributed by atoms with E-state index in [0.29, 0.717) is 25.7 Å². The van der Waals surface area contributed by atoms with E-state index in [1.807, 2.05) is 43.4 Å². The Labute approximate surface area is 167 Å². The van der Waals surface area contributed by atoms with Crippen molar-refractivity contribution in [3.05, 3.63) is 48.6 Å². The molecule has 0 unspecified atom stereocenters. The van der Waals surface area contributed by atoms with Crippen LogP contribution in [0.4, 0.5) is 0 Å². The summed E-state index contributed by atoms with van der Waals surface area (Å²) in [7, 11) is 0. The van der Waals surface area contributed by atoms with E-state index in [-0.39, 0.29) is 6.42 Å². The Balaban J connectivity index is 2.22. The molecule has 0 bridgehead atoms. The minimum Gasteiger partial charge on any atom is -0.481 e. The van der Waals surface area contributed by atoms with Crippen molar-refractivity contribution in [2.24, 2.45) is 0 Å². The van der Waals surface area contributed by atoms with Crippen LogP contribution in [0, 0.1) is 0 Å². The zero-order chi connectivity index (χ0) is 20.8. The van der Waals surface area contributed by atoms with Crippen LogP contribution >= 0.6 is 0 Å². The lowest BCUT2D eigenvalue weighted by Gasteiger charge is -2.16. The molecular formula is C22H34O6. The molecule has 0 spiro atoms. The third-order valence-corrected chi connectivity index (χ3v) is 4.50. The lowest BCUT2D eigenvalue weighted by Crippen LogP contribution is -2.25. The van der Waals surface area contributed by atoms with Crippen molar-refractivity contribution >= 4 is 5.97 Å². The summed E-state index contributed by atoms with van der Waals surface area (Å²) in [5.41, 5.74) is 0. The SMILES string of the molecule is CC[C@@H](O)/C=C/[C@@H]1O[C@H]([C@H](O)C/C=C\C/C=C\C/C=C\CCC(=O)O)C[C@@H]1O. The van der Waals surface area contributed by atoms with Gasteiger partial charge in [0.25, 0.3) is 0 Å². The molecule has 1 fully saturated rings. The van der Waals surface area contributed by atoms with Gasteiger partial charge >= 0.3 is 5.97 Å². The number of hydrogen-bond donors (Lipinski definition) is 4. The molecule has 158 valence electrons. The number of carboxylic acids is 1. The maximum Gasteiger partial charge on any atom is 0.303 e. The first-order valence-electron chi connectivity index (χ1n) is 9.98. The van der Waals surface area contributed by atoms with E-state index < -0.39 is 36.5 Å². The Hall–Kier alpha value is -1.73. The summed E-state index contributed by atoms with van der Waals surface area (Å²) in [6, 6.07) is 0. The quantitative estimate of drug-likeness (QED) is 0.358. The first kappa shape index (κ1) is 24.3. The Morgan fingerprint density at radius 2 is 1.75 bits per heavy atom. The largest absolute Gasteiger partial charge is 0.481 e. The van der Waals surface area contributed by atoms with Crippen LogP contribution in [-0.2, 0) is 9.53 Å². The molecule has 0 aromatic rings. The van der Waals surface area contributed by atoms with Gasteiger partial charge in [-0.3, -0.25) is 4.79 Å². The zero-order valence-corrected chi connectivity index (χ0v) is 16.6. The average Bonchev–Trinajstić information content (AvgIpc) is 3.04. The first-order valence-corrected chi connectivity index (χ1v) is 9.98. The normalized spacial score (nSPS) is 25.5. The van der Waals surface area contributed by atoms with Crippen molar-refractivity contribution in [2.75, 3.05) is 0 Å². The van der Waals surface area contributed by atoms with Crippen molar-refractivity contribution in [1.82, 2.24) is 0 Å². The van der Waals surface area contributed by atoms with Crippen LogP contribution in [-0.4, -0.2) is 56.9 Å². The second kappa shape index (κ2) is 14.3. The molecule has 0 radical (unpaired) electrons. The molecule has 5 atom stereocenters. The summed E-state index contributed by atoms with van der Waals surface area (Å²) in [5.74, 6) is -0.785. The summed E-state index contributed by atoms with van der Waals surface area (Å²) < 4.78 is 5.70. The molecule has 6 nitrogen and oxygen atoms in total. The third kappa shape index (κ3) is 10.6. The molecule has 0 amide bonds. The molecule has 1 aliphatic rings. The minimum atomic E-state index is -0.785. The number of rotatable bonds is 13. The van der Waals surface area contributed by atoms with E-state index in [9.17, 15) is 20.1 Å². The highest BCUT2D eigenvalue weighted by Crippen LogP contribution is 2.25. The van der Waals surface area contributed by atoms with Gasteiger partial charge in [0, 0.05) is 12.8 Å². The van der Waals surface area contributed by atoms with Gasteiger partial charge < -0.3 is 25.2 Å². The molecule has 0 aromatic carbocycles. The van der Waals surface area contributed by atoms with Gasteiger partial charge in [0.2, 0.25) is 0 Å². The van der Waals surface area contributed by atoms with Crippen LogP contribution in [0.3, 0.4) is 0 Å². The maximum absolute atomic E-state index is 10.4. The smallest absolute Gasteiger partial charge is 0.303 e. The first-order chi connectivity index (χ1) is 13.4. The number of carbonyl (C=O) groups is 1. The molecule has 1 heterocycles. The van der Waals surface area contributed by atoms with Crippen LogP contribution in [0.2, 0.25) is 0 Å². The molecule has 1 aliphatic heterocycles. The zero-order valence-electron chi connectivity index (χ0n) is 16.6. The van der Waals surface area contributed by atoms with Crippen LogP contribution in [0.5, 0.6) is 0 Å². The Morgan fingerprint density at radius 3 is 2.39 bits per heavy atom. The van der Waals surface area contributed by atoms with E-state index in [1.54, 1.807) is 12.2 Å². The van der Waals surface area contributed by atoms with E-state index in [2.05, 4.69) is 0 Å². The monoisotopic (exact) mass is 394 g/mol. The van der Waals surface area contributed by atoms with Gasteiger partial charge in [-0.25, -0.2) is 0 Å². The molecule has 0 aromatic heterocycles. The van der Waals surface area contributed by atoms with Gasteiger partial charge in [0.05, 0.1) is 24.4 Å². The number of aliphatic carboxylic acids is 1. The average molecular weight is 395 g/mol. The lowest BCUT2D eigenvalue weighted by molar-refractivity contribution is -0.136. The highest BCUT2D eigenvalue weighted by Gasteiger charge is 2.35. The topological polar surface area (TPSA) is 107 Å². The van der Waals surface area contributed by atoms with Crippen LogP contribution in [0.25, 0.3) is 0 Å². The number of allylic oxidation sites excluding steroid dienone is 5. The fourth-order valence-corrected chi connectivity index (χ4v) is 2.77. The lowest BCUT2D eigenvalue weighted by atomic mass is 10.0. The second-order valence-electron chi connectivity index (χ2n) is 6.92. The van der Waals surface area contributed by atoms with Crippen LogP contribution in [0.1, 0.15) is 51.9 Å². The van der Waals surface area contributed by atoms with E-state index in [1.165, 1.54) is 0 Å². The number of aliphatic hydroxyl groups excluding tert-OH is 3. The minimum absolute atomic E-state index is 0.157. The van der Waals surface area contributed by atoms with Crippen molar-refractivity contribution in [3.8, 4) is 0 Å². The van der Waals surface area contributed by atoms with E-state index in [0.717, 1.165) is 12.8 Å². The summed E-state index contributed by atoms with van der Waals surface area (Å²) in [4.78, 5) is 10.4. The Morgan fingerprint density at radius 1 is 1.11 bits per heavy atom. The van der Waals surface area contributed by atoms with Crippen LogP contribution < -0.4 is 0 Å². The van der Waals surface area contributed by atoms with Crippen LogP contribution in [0.15, 0.2) is 48.6 Å². The Kier molecular flexibility index (Phi) is 12.4. The molecule has 1 rings (SSSR count). The summed E-state index contributed by atoms with van der Waals surface area (Å²) in [6.07, 6.45) is 15.9. The molecule has 28 heavy (non-hydrogen) atoms. The molecule has 1 saturated heterocycles. The molecule has 0 aliphatic carbocycles. The van der Waals surface area contributed by atoms with E-state index >= 15 is 0 Å². The predicted octanol–water partition coefficient (Wildman–Crippen LogP) is 2.90. The summed E-state index contributed by atoms with van der Waals surface area (Å²) in [5, 5.41) is 38.3. The fraction of sp³-hybridized carbons (Fsp3) is 0.591. The standard InChI is InChI=1S/C22H34O6/c1-2-17(23)14-15-20-19(25)16-21(28-20)18(24)12-10-8-6-4-3-5-7-9-11-13-22(26)27/h3-4,7-10,14-15,17-21,23-25H,2,5-6,11-13,16H2,1H3,(H,26,27)/b4-3-,9-7-,10-8-,15-14+/t17-,18-,19+,20+,21+/m1/s1. The maximum atomic E-state index is 10.4. The fourth-order valence-electron chi connectivity index (χ4n) is 2.77. The Bertz CT molecular complexity index is 551.